The van der Waals surface area contributed by atoms with Crippen LogP contribution in [0.25, 0.3) is 0 Å². The first-order valence-corrected chi connectivity index (χ1v) is 7.71. The average Bonchev–Trinajstić information content (AvgIpc) is 2.37. The van der Waals surface area contributed by atoms with Crippen molar-refractivity contribution in [2.45, 2.75) is 53.6 Å². The number of carbonyl (C=O) groups excluding carboxylic acids is 1. The lowest BCUT2D eigenvalue weighted by Crippen LogP contribution is -2.33. The number of esters is 1. The van der Waals surface area contributed by atoms with Crippen LogP contribution in [-0.4, -0.2) is 18.7 Å². The summed E-state index contributed by atoms with van der Waals surface area (Å²) in [5.74, 6) is 1.21. The largest absolute Gasteiger partial charge is 0.491 e. The molecule has 0 radical (unpaired) electrons. The molecule has 0 spiro atoms. The Morgan fingerprint density at radius 3 is 2.43 bits per heavy atom. The van der Waals surface area contributed by atoms with Crippen LogP contribution >= 0.6 is 0 Å². The maximum Gasteiger partial charge on any atom is 0.311 e. The van der Waals surface area contributed by atoms with Crippen LogP contribution < -0.4 is 4.74 Å². The first-order chi connectivity index (χ1) is 9.73. The van der Waals surface area contributed by atoms with Gasteiger partial charge in [-0.15, -0.1) is 0 Å². The molecule has 0 saturated carbocycles. The van der Waals surface area contributed by atoms with Crippen LogP contribution in [0.2, 0.25) is 0 Å². The zero-order chi connectivity index (χ0) is 15.8. The topological polar surface area (TPSA) is 35.5 Å². The van der Waals surface area contributed by atoms with E-state index in [-0.39, 0.29) is 23.9 Å². The molecule has 116 valence electrons. The third-order valence-electron chi connectivity index (χ3n) is 4.52. The highest BCUT2D eigenvalue weighted by Crippen LogP contribution is 2.42. The number of hydrogen-bond donors (Lipinski definition) is 0. The van der Waals surface area contributed by atoms with Crippen LogP contribution in [0.3, 0.4) is 0 Å². The minimum Gasteiger partial charge on any atom is -0.491 e. The van der Waals surface area contributed by atoms with E-state index in [4.69, 9.17) is 9.47 Å². The Bertz CT molecular complexity index is 526. The van der Waals surface area contributed by atoms with Gasteiger partial charge in [0.15, 0.2) is 0 Å². The summed E-state index contributed by atoms with van der Waals surface area (Å²) in [6, 6.07) is 6.17. The molecule has 0 aromatic heterocycles. The molecule has 0 fully saturated rings. The zero-order valence-corrected chi connectivity index (χ0v) is 13.9. The molecule has 2 aliphatic rings. The lowest BCUT2D eigenvalue weighted by Gasteiger charge is -2.32. The number of fused-ring (bicyclic) bond motifs is 2. The van der Waals surface area contributed by atoms with Crippen molar-refractivity contribution in [1.29, 1.82) is 0 Å². The summed E-state index contributed by atoms with van der Waals surface area (Å²) >= 11 is 0. The van der Waals surface area contributed by atoms with Crippen LogP contribution in [0.1, 0.15) is 58.6 Å². The van der Waals surface area contributed by atoms with Gasteiger partial charge in [0.05, 0.1) is 11.5 Å². The number of ether oxygens (including phenoxy) is 2. The highest BCUT2D eigenvalue weighted by molar-refractivity contribution is 5.76. The fourth-order valence-electron chi connectivity index (χ4n) is 2.27. The average molecular weight is 290 g/mol. The predicted molar refractivity (Wildman–Crippen MR) is 83.6 cm³/mol. The van der Waals surface area contributed by atoms with Crippen LogP contribution in [-0.2, 0) is 9.53 Å². The molecule has 1 aromatic rings. The summed E-state index contributed by atoms with van der Waals surface area (Å²) in [4.78, 5) is 12.2. The van der Waals surface area contributed by atoms with Crippen molar-refractivity contribution < 1.29 is 14.3 Å². The smallest absolute Gasteiger partial charge is 0.311 e. The van der Waals surface area contributed by atoms with Gasteiger partial charge in [-0.3, -0.25) is 4.79 Å². The van der Waals surface area contributed by atoms with E-state index >= 15 is 0 Å². The van der Waals surface area contributed by atoms with Crippen molar-refractivity contribution in [2.24, 2.45) is 11.3 Å². The summed E-state index contributed by atoms with van der Waals surface area (Å²) in [5, 5.41) is 0. The second kappa shape index (κ2) is 5.70. The molecule has 0 saturated heterocycles. The van der Waals surface area contributed by atoms with Crippen molar-refractivity contribution in [1.82, 2.24) is 0 Å². The lowest BCUT2D eigenvalue weighted by molar-refractivity contribution is -0.156. The number of benzene rings is 1. The second-order valence-electron chi connectivity index (χ2n) is 6.99. The molecule has 1 aromatic carbocycles. The Balaban J connectivity index is 1.97. The summed E-state index contributed by atoms with van der Waals surface area (Å²) in [6.07, 6.45) is 0.149. The highest BCUT2D eigenvalue weighted by Gasteiger charge is 2.35. The van der Waals surface area contributed by atoms with Gasteiger partial charge in [0.2, 0.25) is 0 Å². The first-order valence-electron chi connectivity index (χ1n) is 7.71. The van der Waals surface area contributed by atoms with Crippen molar-refractivity contribution in [2.75, 3.05) is 6.61 Å². The predicted octanol–water partition coefficient (Wildman–Crippen LogP) is 4.14. The molecule has 3 nitrogen and oxygen atoms in total. The normalized spacial score (nSPS) is 16.9. The summed E-state index contributed by atoms with van der Waals surface area (Å²) in [5.41, 5.74) is 1.92. The van der Waals surface area contributed by atoms with Crippen molar-refractivity contribution in [3.63, 3.8) is 0 Å². The maximum atomic E-state index is 12.2. The van der Waals surface area contributed by atoms with E-state index < -0.39 is 5.41 Å². The third-order valence-corrected chi connectivity index (χ3v) is 4.52. The Hall–Kier alpha value is -1.51. The number of rotatable bonds is 6. The zero-order valence-electron chi connectivity index (χ0n) is 13.9. The standard InChI is InChI=1S/C18H26O3/c1-11(2)18(5,6)17(19)20-10-15-13-7-8-16(14(15)9-13)21-12(3)4/h7-9,11-12,15H,10H2,1-6H3/t15-/m0/s1. The maximum absolute atomic E-state index is 12.2. The molecule has 0 N–H and O–H groups in total. The molecule has 3 heteroatoms. The summed E-state index contributed by atoms with van der Waals surface area (Å²) in [7, 11) is 0. The summed E-state index contributed by atoms with van der Waals surface area (Å²) < 4.78 is 11.3. The van der Waals surface area contributed by atoms with Gasteiger partial charge >= 0.3 is 5.97 Å². The van der Waals surface area contributed by atoms with Crippen LogP contribution in [0.5, 0.6) is 5.75 Å². The lowest BCUT2D eigenvalue weighted by atomic mass is 9.79. The second-order valence-corrected chi connectivity index (χ2v) is 6.99. The molecule has 2 aliphatic carbocycles. The third kappa shape index (κ3) is 3.07. The van der Waals surface area contributed by atoms with Crippen molar-refractivity contribution >= 4 is 5.97 Å². The van der Waals surface area contributed by atoms with Crippen molar-refractivity contribution in [3.05, 3.63) is 29.3 Å². The molecular formula is C18H26O3. The van der Waals surface area contributed by atoms with Gasteiger partial charge in [-0.05, 0) is 45.2 Å². The molecule has 21 heavy (non-hydrogen) atoms. The molecule has 3 rings (SSSR count). The fraction of sp³-hybridized carbons (Fsp3) is 0.611. The molecule has 0 unspecified atom stereocenters. The van der Waals surface area contributed by atoms with E-state index in [9.17, 15) is 4.79 Å². The quantitative estimate of drug-likeness (QED) is 0.738. The van der Waals surface area contributed by atoms with Gasteiger partial charge in [-0.25, -0.2) is 0 Å². The van der Waals surface area contributed by atoms with Gasteiger partial charge in [-0.2, -0.15) is 0 Å². The molecule has 0 heterocycles. The highest BCUT2D eigenvalue weighted by atomic mass is 16.5. The van der Waals surface area contributed by atoms with E-state index in [2.05, 4.69) is 12.1 Å². The molecule has 0 aliphatic heterocycles. The first kappa shape index (κ1) is 15.9. The van der Waals surface area contributed by atoms with E-state index in [1.54, 1.807) is 0 Å². The van der Waals surface area contributed by atoms with Crippen LogP contribution in [0, 0.1) is 11.3 Å². The van der Waals surface area contributed by atoms with Gasteiger partial charge in [0.1, 0.15) is 12.4 Å². The van der Waals surface area contributed by atoms with E-state index in [1.165, 1.54) is 5.56 Å². The molecule has 2 bridgehead atoms. The number of hydrogen-bond acceptors (Lipinski definition) is 3. The number of carbonyl (C=O) groups is 1. The minimum absolute atomic E-state index is 0.126. The Morgan fingerprint density at radius 2 is 1.90 bits per heavy atom. The van der Waals surface area contributed by atoms with Gasteiger partial charge in [0.25, 0.3) is 0 Å². The van der Waals surface area contributed by atoms with Gasteiger partial charge in [-0.1, -0.05) is 26.0 Å². The van der Waals surface area contributed by atoms with Crippen LogP contribution in [0.15, 0.2) is 18.2 Å². The van der Waals surface area contributed by atoms with E-state index in [0.29, 0.717) is 6.61 Å². The Labute approximate surface area is 127 Å². The van der Waals surface area contributed by atoms with E-state index in [1.807, 2.05) is 47.6 Å². The molecule has 0 amide bonds. The molecular weight excluding hydrogens is 264 g/mol. The Morgan fingerprint density at radius 1 is 1.24 bits per heavy atom. The van der Waals surface area contributed by atoms with Gasteiger partial charge < -0.3 is 9.47 Å². The minimum atomic E-state index is -0.450. The SMILES string of the molecule is CC(C)Oc1ccc2cc1[C@H]2COC(=O)C(C)(C)C(C)C. The summed E-state index contributed by atoms with van der Waals surface area (Å²) in [6.45, 7) is 12.4. The van der Waals surface area contributed by atoms with E-state index in [0.717, 1.165) is 11.3 Å². The molecule has 1 atom stereocenters. The monoisotopic (exact) mass is 290 g/mol. The van der Waals surface area contributed by atoms with Crippen LogP contribution in [0.4, 0.5) is 0 Å². The Kier molecular flexibility index (Phi) is 4.31. The van der Waals surface area contributed by atoms with Crippen molar-refractivity contribution in [3.8, 4) is 5.75 Å². The van der Waals surface area contributed by atoms with Gasteiger partial charge in [0, 0.05) is 11.5 Å². The fourth-order valence-corrected chi connectivity index (χ4v) is 2.27.